The fourth-order valence-corrected chi connectivity index (χ4v) is 3.84. The van der Waals surface area contributed by atoms with Crippen molar-refractivity contribution in [1.82, 2.24) is 10.2 Å². The Bertz CT molecular complexity index is 675. The van der Waals surface area contributed by atoms with Gasteiger partial charge in [0.05, 0.1) is 18.1 Å². The summed E-state index contributed by atoms with van der Waals surface area (Å²) in [5.74, 6) is 1.56. The number of carbonyl (C=O) groups excluding carboxylic acids is 1. The number of rotatable bonds is 4. The van der Waals surface area contributed by atoms with Crippen molar-refractivity contribution < 1.29 is 22.7 Å². The summed E-state index contributed by atoms with van der Waals surface area (Å²) in [7, 11) is -2.91. The molecule has 1 fully saturated rings. The summed E-state index contributed by atoms with van der Waals surface area (Å²) in [6.07, 6.45) is 0. The van der Waals surface area contributed by atoms with Crippen LogP contribution in [0.4, 0.5) is 0 Å². The van der Waals surface area contributed by atoms with Crippen molar-refractivity contribution in [1.29, 1.82) is 0 Å². The van der Waals surface area contributed by atoms with Crippen LogP contribution in [0.5, 0.6) is 11.5 Å². The summed E-state index contributed by atoms with van der Waals surface area (Å²) >= 11 is 0. The molecule has 0 spiro atoms. The average molecular weight is 340 g/mol. The van der Waals surface area contributed by atoms with Crippen molar-refractivity contribution in [3.63, 3.8) is 0 Å². The Balaban J connectivity index is 1.47. The minimum atomic E-state index is -2.91. The largest absolute Gasteiger partial charge is 0.486 e. The van der Waals surface area contributed by atoms with Crippen LogP contribution in [0.1, 0.15) is 5.56 Å². The molecule has 1 aromatic rings. The average Bonchev–Trinajstić information content (AvgIpc) is 2.55. The Morgan fingerprint density at radius 1 is 1.13 bits per heavy atom. The van der Waals surface area contributed by atoms with E-state index in [9.17, 15) is 13.2 Å². The second kappa shape index (κ2) is 6.76. The predicted molar refractivity (Wildman–Crippen MR) is 84.4 cm³/mol. The summed E-state index contributed by atoms with van der Waals surface area (Å²) < 4.78 is 33.7. The van der Waals surface area contributed by atoms with Gasteiger partial charge in [-0.2, -0.15) is 0 Å². The van der Waals surface area contributed by atoms with E-state index in [0.717, 1.165) is 11.3 Å². The van der Waals surface area contributed by atoms with Gasteiger partial charge in [-0.3, -0.25) is 9.69 Å². The van der Waals surface area contributed by atoms with E-state index in [1.165, 1.54) is 0 Å². The van der Waals surface area contributed by atoms with Crippen LogP contribution >= 0.6 is 0 Å². The zero-order chi connectivity index (χ0) is 16.3. The van der Waals surface area contributed by atoms with Crippen molar-refractivity contribution in [3.8, 4) is 11.5 Å². The van der Waals surface area contributed by atoms with Crippen LogP contribution in [-0.4, -0.2) is 63.6 Å². The Labute approximate surface area is 135 Å². The van der Waals surface area contributed by atoms with E-state index in [-0.39, 0.29) is 24.0 Å². The lowest BCUT2D eigenvalue weighted by Crippen LogP contribution is -2.45. The zero-order valence-corrected chi connectivity index (χ0v) is 13.6. The fourth-order valence-electron chi connectivity index (χ4n) is 2.57. The molecule has 2 aliphatic rings. The van der Waals surface area contributed by atoms with Gasteiger partial charge < -0.3 is 14.8 Å². The van der Waals surface area contributed by atoms with E-state index in [1.807, 2.05) is 23.1 Å². The molecule has 1 saturated heterocycles. The molecule has 0 saturated carbocycles. The van der Waals surface area contributed by atoms with Crippen LogP contribution in [0.3, 0.4) is 0 Å². The summed E-state index contributed by atoms with van der Waals surface area (Å²) in [6.45, 7) is 2.54. The normalized spacial score (nSPS) is 20.0. The molecule has 0 unspecified atom stereocenters. The van der Waals surface area contributed by atoms with Crippen LogP contribution in [-0.2, 0) is 21.2 Å². The van der Waals surface area contributed by atoms with Crippen molar-refractivity contribution in [2.75, 3.05) is 44.4 Å². The minimum Gasteiger partial charge on any atom is -0.486 e. The molecule has 1 amide bonds. The SMILES string of the molecule is O=C(CN1CCS(=O)(=O)CC1)NCc1ccc2c(c1)OCCO2. The molecule has 1 N–H and O–H groups in total. The van der Waals surface area contributed by atoms with E-state index < -0.39 is 9.84 Å². The molecule has 3 rings (SSSR count). The Morgan fingerprint density at radius 3 is 2.57 bits per heavy atom. The summed E-state index contributed by atoms with van der Waals surface area (Å²) in [5, 5.41) is 2.85. The molecule has 0 atom stereocenters. The second-order valence-corrected chi connectivity index (χ2v) is 7.99. The van der Waals surface area contributed by atoms with Gasteiger partial charge in [0, 0.05) is 19.6 Å². The third-order valence-corrected chi connectivity index (χ3v) is 5.51. The summed E-state index contributed by atoms with van der Waals surface area (Å²) in [5.41, 5.74) is 0.934. The lowest BCUT2D eigenvalue weighted by atomic mass is 10.2. The van der Waals surface area contributed by atoms with Crippen LogP contribution in [0.25, 0.3) is 0 Å². The van der Waals surface area contributed by atoms with Gasteiger partial charge in [0.2, 0.25) is 5.91 Å². The molecular weight excluding hydrogens is 320 g/mol. The molecule has 2 aliphatic heterocycles. The van der Waals surface area contributed by atoms with Gasteiger partial charge in [-0.15, -0.1) is 0 Å². The third kappa shape index (κ3) is 4.35. The number of fused-ring (bicyclic) bond motifs is 1. The summed E-state index contributed by atoms with van der Waals surface area (Å²) in [4.78, 5) is 13.8. The first-order valence-corrected chi connectivity index (χ1v) is 9.42. The van der Waals surface area contributed by atoms with Crippen LogP contribution < -0.4 is 14.8 Å². The van der Waals surface area contributed by atoms with Gasteiger partial charge in [0.15, 0.2) is 21.3 Å². The standard InChI is InChI=1S/C15H20N2O5S/c18-15(11-17-3-7-23(19,20)8-4-17)16-10-12-1-2-13-14(9-12)22-6-5-21-13/h1-2,9H,3-8,10-11H2,(H,16,18). The van der Waals surface area contributed by atoms with E-state index in [1.54, 1.807) is 0 Å². The number of amides is 1. The lowest BCUT2D eigenvalue weighted by molar-refractivity contribution is -0.122. The quantitative estimate of drug-likeness (QED) is 0.817. The molecule has 0 bridgehead atoms. The first-order valence-electron chi connectivity index (χ1n) is 7.60. The highest BCUT2D eigenvalue weighted by atomic mass is 32.2. The second-order valence-electron chi connectivity index (χ2n) is 5.68. The molecule has 0 aliphatic carbocycles. The highest BCUT2D eigenvalue weighted by Gasteiger charge is 2.22. The summed E-state index contributed by atoms with van der Waals surface area (Å²) in [6, 6.07) is 5.59. The third-order valence-electron chi connectivity index (χ3n) is 3.90. The van der Waals surface area contributed by atoms with E-state index in [4.69, 9.17) is 9.47 Å². The topological polar surface area (TPSA) is 84.9 Å². The molecular formula is C15H20N2O5S. The van der Waals surface area contributed by atoms with Gasteiger partial charge in [-0.05, 0) is 17.7 Å². The van der Waals surface area contributed by atoms with Crippen LogP contribution in [0.15, 0.2) is 18.2 Å². The number of benzene rings is 1. The van der Waals surface area contributed by atoms with Crippen LogP contribution in [0.2, 0.25) is 0 Å². The maximum atomic E-state index is 12.0. The van der Waals surface area contributed by atoms with Gasteiger partial charge >= 0.3 is 0 Å². The molecule has 126 valence electrons. The Morgan fingerprint density at radius 2 is 1.83 bits per heavy atom. The van der Waals surface area contributed by atoms with Gasteiger partial charge in [0.1, 0.15) is 13.2 Å². The molecule has 0 radical (unpaired) electrons. The van der Waals surface area contributed by atoms with Crippen molar-refractivity contribution in [2.45, 2.75) is 6.54 Å². The number of nitrogens with zero attached hydrogens (tertiary/aromatic N) is 1. The fraction of sp³-hybridized carbons (Fsp3) is 0.533. The van der Waals surface area contributed by atoms with E-state index in [0.29, 0.717) is 38.6 Å². The Kier molecular flexibility index (Phi) is 4.72. The predicted octanol–water partition coefficient (Wildman–Crippen LogP) is -0.196. The highest BCUT2D eigenvalue weighted by molar-refractivity contribution is 7.91. The van der Waals surface area contributed by atoms with E-state index in [2.05, 4.69) is 5.32 Å². The minimum absolute atomic E-state index is 0.112. The van der Waals surface area contributed by atoms with Crippen LogP contribution in [0, 0.1) is 0 Å². The molecule has 2 heterocycles. The smallest absolute Gasteiger partial charge is 0.234 e. The zero-order valence-electron chi connectivity index (χ0n) is 12.8. The highest BCUT2D eigenvalue weighted by Crippen LogP contribution is 2.30. The number of hydrogen-bond acceptors (Lipinski definition) is 6. The maximum Gasteiger partial charge on any atom is 0.234 e. The monoisotopic (exact) mass is 340 g/mol. The number of carbonyl (C=O) groups is 1. The van der Waals surface area contributed by atoms with Crippen molar-refractivity contribution in [3.05, 3.63) is 23.8 Å². The molecule has 8 heteroatoms. The first-order chi connectivity index (χ1) is 11.0. The van der Waals surface area contributed by atoms with Crippen molar-refractivity contribution in [2.24, 2.45) is 0 Å². The molecule has 1 aromatic carbocycles. The Hall–Kier alpha value is -1.80. The number of ether oxygens (including phenoxy) is 2. The van der Waals surface area contributed by atoms with E-state index >= 15 is 0 Å². The lowest BCUT2D eigenvalue weighted by Gasteiger charge is -2.25. The maximum absolute atomic E-state index is 12.0. The first kappa shape index (κ1) is 16.1. The number of nitrogens with one attached hydrogen (secondary N) is 1. The van der Waals surface area contributed by atoms with Gasteiger partial charge in [-0.1, -0.05) is 6.07 Å². The molecule has 23 heavy (non-hydrogen) atoms. The van der Waals surface area contributed by atoms with Gasteiger partial charge in [0.25, 0.3) is 0 Å². The van der Waals surface area contributed by atoms with Crippen molar-refractivity contribution >= 4 is 15.7 Å². The molecule has 0 aromatic heterocycles. The van der Waals surface area contributed by atoms with Gasteiger partial charge in [-0.25, -0.2) is 8.42 Å². The number of sulfone groups is 1. The number of hydrogen-bond donors (Lipinski definition) is 1. The molecule has 7 nitrogen and oxygen atoms in total.